The van der Waals surface area contributed by atoms with Crippen LogP contribution in [-0.4, -0.2) is 5.78 Å². The molecule has 1 nitrogen and oxygen atoms in total. The zero-order valence-electron chi connectivity index (χ0n) is 9.02. The molecule has 0 bridgehead atoms. The summed E-state index contributed by atoms with van der Waals surface area (Å²) in [7, 11) is 0. The predicted molar refractivity (Wildman–Crippen MR) is 61.7 cm³/mol. The molecule has 0 radical (unpaired) electrons. The highest BCUT2D eigenvalue weighted by atomic mass is 16.1. The van der Waals surface area contributed by atoms with E-state index in [-0.39, 0.29) is 5.92 Å². The first-order valence-corrected chi connectivity index (χ1v) is 5.49. The van der Waals surface area contributed by atoms with Crippen LogP contribution in [0.2, 0.25) is 0 Å². The Labute approximate surface area is 90.8 Å². The number of allylic oxidation sites excluding steroid dienone is 2. The molecule has 0 aliphatic heterocycles. The third-order valence-corrected chi connectivity index (χ3v) is 3.18. The summed E-state index contributed by atoms with van der Waals surface area (Å²) in [6.07, 6.45) is 6.21. The van der Waals surface area contributed by atoms with E-state index in [4.69, 9.17) is 0 Å². The average molecular weight is 200 g/mol. The zero-order valence-corrected chi connectivity index (χ0v) is 9.02. The van der Waals surface area contributed by atoms with Gasteiger partial charge >= 0.3 is 0 Å². The van der Waals surface area contributed by atoms with Crippen LogP contribution in [0.15, 0.2) is 42.5 Å². The minimum Gasteiger partial charge on any atom is -0.300 e. The minimum atomic E-state index is 0.178. The lowest BCUT2D eigenvalue weighted by Gasteiger charge is -2.26. The number of hydrogen-bond donors (Lipinski definition) is 0. The monoisotopic (exact) mass is 200 g/mol. The molecule has 0 heterocycles. The van der Waals surface area contributed by atoms with E-state index in [1.165, 1.54) is 5.56 Å². The molecule has 0 amide bonds. The molecule has 0 saturated heterocycles. The summed E-state index contributed by atoms with van der Waals surface area (Å²) in [5.41, 5.74) is 1.29. The standard InChI is InChI=1S/C14H16O/c1-11(15)13-9-5-6-10-14(13)12-7-3-2-4-8-12/h2-8,13-14H,9-10H2,1H3/t13-,14-/m0/s1. The van der Waals surface area contributed by atoms with Gasteiger partial charge in [-0.25, -0.2) is 0 Å². The molecule has 0 spiro atoms. The third kappa shape index (κ3) is 2.17. The lowest BCUT2D eigenvalue weighted by molar-refractivity contribution is -0.121. The van der Waals surface area contributed by atoms with Crippen molar-refractivity contribution in [1.29, 1.82) is 0 Å². The number of Topliss-reactive ketones (excluding diaryl/α,β-unsaturated/α-hetero) is 1. The maximum Gasteiger partial charge on any atom is 0.133 e. The lowest BCUT2D eigenvalue weighted by Crippen LogP contribution is -2.21. The van der Waals surface area contributed by atoms with Gasteiger partial charge in [0.25, 0.3) is 0 Å². The molecule has 0 unspecified atom stereocenters. The van der Waals surface area contributed by atoms with E-state index in [2.05, 4.69) is 24.3 Å². The van der Waals surface area contributed by atoms with E-state index in [0.717, 1.165) is 12.8 Å². The van der Waals surface area contributed by atoms with Crippen molar-refractivity contribution in [3.8, 4) is 0 Å². The molecule has 0 aromatic heterocycles. The van der Waals surface area contributed by atoms with E-state index >= 15 is 0 Å². The first kappa shape index (κ1) is 10.2. The normalized spacial score (nSPS) is 25.1. The summed E-state index contributed by atoms with van der Waals surface area (Å²) in [4.78, 5) is 11.5. The summed E-state index contributed by atoms with van der Waals surface area (Å²) >= 11 is 0. The van der Waals surface area contributed by atoms with Gasteiger partial charge in [-0.3, -0.25) is 4.79 Å². The second-order valence-electron chi connectivity index (χ2n) is 4.18. The second kappa shape index (κ2) is 4.43. The topological polar surface area (TPSA) is 17.1 Å². The van der Waals surface area contributed by atoms with Gasteiger partial charge in [-0.1, -0.05) is 42.5 Å². The van der Waals surface area contributed by atoms with E-state index in [9.17, 15) is 4.79 Å². The van der Waals surface area contributed by atoms with Crippen LogP contribution in [0.4, 0.5) is 0 Å². The molecule has 1 aliphatic carbocycles. The van der Waals surface area contributed by atoms with Crippen LogP contribution in [-0.2, 0) is 4.79 Å². The van der Waals surface area contributed by atoms with Crippen LogP contribution in [0.5, 0.6) is 0 Å². The van der Waals surface area contributed by atoms with Gasteiger partial charge in [-0.05, 0) is 31.2 Å². The van der Waals surface area contributed by atoms with Crippen molar-refractivity contribution in [1.82, 2.24) is 0 Å². The van der Waals surface area contributed by atoms with Gasteiger partial charge in [0.05, 0.1) is 0 Å². The fourth-order valence-electron chi connectivity index (χ4n) is 2.33. The molecular formula is C14H16O. The molecule has 78 valence electrons. The van der Waals surface area contributed by atoms with Gasteiger partial charge in [0.2, 0.25) is 0 Å². The quantitative estimate of drug-likeness (QED) is 0.669. The molecule has 1 aromatic carbocycles. The van der Waals surface area contributed by atoms with Crippen molar-refractivity contribution in [3.05, 3.63) is 48.0 Å². The molecule has 2 atom stereocenters. The molecule has 0 fully saturated rings. The Bertz CT molecular complexity index is 364. The maximum absolute atomic E-state index is 11.5. The Morgan fingerprint density at radius 1 is 1.13 bits per heavy atom. The largest absolute Gasteiger partial charge is 0.300 e. The van der Waals surface area contributed by atoms with Gasteiger partial charge < -0.3 is 0 Å². The predicted octanol–water partition coefficient (Wildman–Crippen LogP) is 3.33. The highest BCUT2D eigenvalue weighted by molar-refractivity contribution is 5.79. The lowest BCUT2D eigenvalue weighted by atomic mass is 9.77. The number of carbonyl (C=O) groups excluding carboxylic acids is 1. The Balaban J connectivity index is 2.27. The fourth-order valence-corrected chi connectivity index (χ4v) is 2.33. The SMILES string of the molecule is CC(=O)[C@@H]1CC=CC[C@H]1c1ccccc1. The third-order valence-electron chi connectivity index (χ3n) is 3.18. The van der Waals surface area contributed by atoms with Crippen molar-refractivity contribution in [2.45, 2.75) is 25.7 Å². The van der Waals surface area contributed by atoms with E-state index in [0.29, 0.717) is 11.7 Å². The number of benzene rings is 1. The van der Waals surface area contributed by atoms with Crippen molar-refractivity contribution >= 4 is 5.78 Å². The molecular weight excluding hydrogens is 184 g/mol. The highest BCUT2D eigenvalue weighted by Crippen LogP contribution is 2.34. The van der Waals surface area contributed by atoms with Crippen molar-refractivity contribution in [3.63, 3.8) is 0 Å². The van der Waals surface area contributed by atoms with Crippen LogP contribution < -0.4 is 0 Å². The minimum absolute atomic E-state index is 0.178. The van der Waals surface area contributed by atoms with Crippen LogP contribution in [0.1, 0.15) is 31.2 Å². The maximum atomic E-state index is 11.5. The Morgan fingerprint density at radius 2 is 1.80 bits per heavy atom. The van der Waals surface area contributed by atoms with Crippen molar-refractivity contribution in [2.75, 3.05) is 0 Å². The summed E-state index contributed by atoms with van der Waals surface area (Å²) < 4.78 is 0. The first-order valence-electron chi connectivity index (χ1n) is 5.49. The van der Waals surface area contributed by atoms with Crippen molar-refractivity contribution < 1.29 is 4.79 Å². The molecule has 1 heteroatoms. The number of hydrogen-bond acceptors (Lipinski definition) is 1. The van der Waals surface area contributed by atoms with E-state index < -0.39 is 0 Å². The second-order valence-corrected chi connectivity index (χ2v) is 4.18. The highest BCUT2D eigenvalue weighted by Gasteiger charge is 2.26. The molecule has 15 heavy (non-hydrogen) atoms. The molecule has 0 N–H and O–H groups in total. The fraction of sp³-hybridized carbons (Fsp3) is 0.357. The van der Waals surface area contributed by atoms with Gasteiger partial charge in [-0.15, -0.1) is 0 Å². The Hall–Kier alpha value is -1.37. The van der Waals surface area contributed by atoms with Gasteiger partial charge in [-0.2, -0.15) is 0 Å². The molecule has 2 rings (SSSR count). The van der Waals surface area contributed by atoms with E-state index in [1.807, 2.05) is 18.2 Å². The molecule has 1 aromatic rings. The van der Waals surface area contributed by atoms with Crippen LogP contribution in [0.25, 0.3) is 0 Å². The number of rotatable bonds is 2. The first-order chi connectivity index (χ1) is 7.29. The average Bonchev–Trinajstić information content (AvgIpc) is 2.30. The Kier molecular flexibility index (Phi) is 3.00. The smallest absolute Gasteiger partial charge is 0.133 e. The zero-order chi connectivity index (χ0) is 10.7. The van der Waals surface area contributed by atoms with Gasteiger partial charge in [0.1, 0.15) is 5.78 Å². The Morgan fingerprint density at radius 3 is 2.47 bits per heavy atom. The summed E-state index contributed by atoms with van der Waals surface area (Å²) in [5.74, 6) is 0.874. The van der Waals surface area contributed by atoms with Crippen LogP contribution >= 0.6 is 0 Å². The van der Waals surface area contributed by atoms with Gasteiger partial charge in [0, 0.05) is 5.92 Å². The molecule has 0 saturated carbocycles. The van der Waals surface area contributed by atoms with Crippen LogP contribution in [0.3, 0.4) is 0 Å². The summed E-state index contributed by atoms with van der Waals surface area (Å²) in [5, 5.41) is 0. The van der Waals surface area contributed by atoms with Gasteiger partial charge in [0.15, 0.2) is 0 Å². The summed E-state index contributed by atoms with van der Waals surface area (Å²) in [6.45, 7) is 1.71. The summed E-state index contributed by atoms with van der Waals surface area (Å²) in [6, 6.07) is 10.4. The number of ketones is 1. The van der Waals surface area contributed by atoms with E-state index in [1.54, 1.807) is 6.92 Å². The molecule has 1 aliphatic rings. The van der Waals surface area contributed by atoms with Crippen LogP contribution in [0, 0.1) is 5.92 Å². The van der Waals surface area contributed by atoms with Crippen molar-refractivity contribution in [2.24, 2.45) is 5.92 Å². The number of carbonyl (C=O) groups is 1.